The Morgan fingerprint density at radius 3 is 2.45 bits per heavy atom. The number of hydrogen-bond acceptors (Lipinski definition) is 2. The second-order valence-corrected chi connectivity index (χ2v) is 5.80. The number of nitrogens with two attached hydrogens (primary N) is 1. The third-order valence-electron chi connectivity index (χ3n) is 4.38. The molecule has 0 saturated heterocycles. The summed E-state index contributed by atoms with van der Waals surface area (Å²) in [4.78, 5) is 4.37. The molecule has 20 heavy (non-hydrogen) atoms. The number of benzene rings is 1. The molecule has 0 aliphatic heterocycles. The highest BCUT2D eigenvalue weighted by Gasteiger charge is 2.18. The Balaban J connectivity index is 1.75. The molecule has 1 fully saturated rings. The first-order valence-corrected chi connectivity index (χ1v) is 7.65. The van der Waals surface area contributed by atoms with Crippen molar-refractivity contribution in [2.45, 2.75) is 51.1 Å². The van der Waals surface area contributed by atoms with E-state index in [9.17, 15) is 0 Å². The largest absolute Gasteiger partial charge is 0.330 e. The van der Waals surface area contributed by atoms with Crippen LogP contribution < -0.4 is 5.73 Å². The average molecular weight is 269 g/mol. The fourth-order valence-corrected chi connectivity index (χ4v) is 3.18. The van der Waals surface area contributed by atoms with Gasteiger partial charge in [0.15, 0.2) is 0 Å². The molecular weight excluding hydrogens is 246 g/mol. The van der Waals surface area contributed by atoms with Gasteiger partial charge in [-0.1, -0.05) is 43.5 Å². The van der Waals surface area contributed by atoms with Crippen molar-refractivity contribution in [1.82, 2.24) is 9.55 Å². The van der Waals surface area contributed by atoms with Gasteiger partial charge in [-0.3, -0.25) is 0 Å². The molecule has 1 aliphatic carbocycles. The Kier molecular flexibility index (Phi) is 4.16. The molecule has 1 saturated carbocycles. The van der Waals surface area contributed by atoms with Gasteiger partial charge in [0.05, 0.1) is 6.33 Å². The third-order valence-corrected chi connectivity index (χ3v) is 4.38. The molecule has 1 heterocycles. The van der Waals surface area contributed by atoms with Gasteiger partial charge >= 0.3 is 0 Å². The summed E-state index contributed by atoms with van der Waals surface area (Å²) in [5, 5.41) is 0. The first kappa shape index (κ1) is 13.4. The lowest BCUT2D eigenvalue weighted by molar-refractivity contribution is 0.426. The fourth-order valence-electron chi connectivity index (χ4n) is 3.18. The molecule has 1 aromatic carbocycles. The maximum Gasteiger partial charge on any atom is 0.0951 e. The van der Waals surface area contributed by atoms with Gasteiger partial charge in [-0.05, 0) is 24.0 Å². The molecule has 0 radical (unpaired) electrons. The summed E-state index contributed by atoms with van der Waals surface area (Å²) in [7, 11) is 0. The van der Waals surface area contributed by atoms with Crippen molar-refractivity contribution in [2.75, 3.05) is 0 Å². The second-order valence-electron chi connectivity index (χ2n) is 5.80. The van der Waals surface area contributed by atoms with Crippen LogP contribution in [0.3, 0.4) is 0 Å². The molecule has 0 unspecified atom stereocenters. The Morgan fingerprint density at radius 2 is 1.75 bits per heavy atom. The Morgan fingerprint density at radius 1 is 1.05 bits per heavy atom. The number of rotatable bonds is 4. The van der Waals surface area contributed by atoms with Crippen LogP contribution in [0, 0.1) is 0 Å². The van der Waals surface area contributed by atoms with Gasteiger partial charge < -0.3 is 10.3 Å². The highest BCUT2D eigenvalue weighted by Crippen LogP contribution is 2.32. The summed E-state index contributed by atoms with van der Waals surface area (Å²) < 4.78 is 2.31. The van der Waals surface area contributed by atoms with E-state index in [0.717, 1.165) is 6.54 Å². The molecule has 0 spiro atoms. The second kappa shape index (κ2) is 6.23. The summed E-state index contributed by atoms with van der Waals surface area (Å²) >= 11 is 0. The molecule has 1 aromatic heterocycles. The van der Waals surface area contributed by atoms with E-state index in [1.54, 1.807) is 0 Å². The van der Waals surface area contributed by atoms with Crippen LogP contribution in [0.25, 0.3) is 0 Å². The van der Waals surface area contributed by atoms with E-state index in [1.165, 1.54) is 48.9 Å². The quantitative estimate of drug-likeness (QED) is 0.924. The van der Waals surface area contributed by atoms with Crippen LogP contribution in [-0.2, 0) is 13.1 Å². The van der Waals surface area contributed by atoms with Crippen molar-refractivity contribution in [1.29, 1.82) is 0 Å². The minimum atomic E-state index is 0.610. The van der Waals surface area contributed by atoms with E-state index in [4.69, 9.17) is 5.73 Å². The molecule has 0 atom stereocenters. The molecule has 2 N–H and O–H groups in total. The summed E-state index contributed by atoms with van der Waals surface area (Å²) in [6, 6.07) is 8.58. The summed E-state index contributed by atoms with van der Waals surface area (Å²) in [6.45, 7) is 1.52. The van der Waals surface area contributed by atoms with Crippen LogP contribution in [0.1, 0.15) is 54.8 Å². The van der Waals surface area contributed by atoms with Gasteiger partial charge in [-0.25, -0.2) is 4.98 Å². The smallest absolute Gasteiger partial charge is 0.0951 e. The van der Waals surface area contributed by atoms with E-state index >= 15 is 0 Å². The number of imidazole rings is 1. The lowest BCUT2D eigenvalue weighted by Gasteiger charge is -2.22. The number of hydrogen-bond donors (Lipinski definition) is 1. The summed E-state index contributed by atoms with van der Waals surface area (Å²) in [5.74, 6) is 0.703. The van der Waals surface area contributed by atoms with Gasteiger partial charge in [0.1, 0.15) is 0 Å². The molecule has 3 nitrogen and oxygen atoms in total. The van der Waals surface area contributed by atoms with Crippen molar-refractivity contribution < 1.29 is 0 Å². The monoisotopic (exact) mass is 269 g/mol. The number of aromatic nitrogens is 2. The Hall–Kier alpha value is -1.61. The predicted molar refractivity (Wildman–Crippen MR) is 81.5 cm³/mol. The lowest BCUT2D eigenvalue weighted by Crippen LogP contribution is -2.11. The standard InChI is InChI=1S/C17H23N3/c18-10-14-6-8-15(9-7-14)12-20-13-19-11-17(20)16-4-2-1-3-5-16/h6-9,11,13,16H,1-5,10,12,18H2. The molecule has 3 heteroatoms. The van der Waals surface area contributed by atoms with Gasteiger partial charge in [0.2, 0.25) is 0 Å². The van der Waals surface area contributed by atoms with Crippen LogP contribution in [0.15, 0.2) is 36.8 Å². The summed E-state index contributed by atoms with van der Waals surface area (Å²) in [5.41, 5.74) is 9.56. The topological polar surface area (TPSA) is 43.8 Å². The first-order chi connectivity index (χ1) is 9.86. The van der Waals surface area contributed by atoms with Gasteiger partial charge in [0, 0.05) is 30.9 Å². The number of nitrogens with zero attached hydrogens (tertiary/aromatic N) is 2. The van der Waals surface area contributed by atoms with Gasteiger partial charge in [0.25, 0.3) is 0 Å². The molecule has 2 aromatic rings. The van der Waals surface area contributed by atoms with Crippen LogP contribution in [0.4, 0.5) is 0 Å². The minimum Gasteiger partial charge on any atom is -0.330 e. The highest BCUT2D eigenvalue weighted by molar-refractivity contribution is 5.23. The zero-order valence-corrected chi connectivity index (χ0v) is 12.0. The Bertz CT molecular complexity index is 536. The lowest BCUT2D eigenvalue weighted by atomic mass is 9.87. The van der Waals surface area contributed by atoms with Crippen molar-refractivity contribution in [3.05, 3.63) is 53.6 Å². The van der Waals surface area contributed by atoms with Crippen molar-refractivity contribution >= 4 is 0 Å². The molecule has 0 bridgehead atoms. The van der Waals surface area contributed by atoms with Crippen LogP contribution >= 0.6 is 0 Å². The maximum atomic E-state index is 5.64. The van der Waals surface area contributed by atoms with E-state index < -0.39 is 0 Å². The zero-order valence-electron chi connectivity index (χ0n) is 12.0. The zero-order chi connectivity index (χ0) is 13.8. The van der Waals surface area contributed by atoms with Crippen molar-refractivity contribution in [2.24, 2.45) is 5.73 Å². The first-order valence-electron chi connectivity index (χ1n) is 7.65. The van der Waals surface area contributed by atoms with Crippen molar-refractivity contribution in [3.63, 3.8) is 0 Å². The van der Waals surface area contributed by atoms with E-state index in [2.05, 4.69) is 40.0 Å². The van der Waals surface area contributed by atoms with E-state index in [-0.39, 0.29) is 0 Å². The molecule has 106 valence electrons. The Labute approximate surface area is 120 Å². The van der Waals surface area contributed by atoms with Gasteiger partial charge in [-0.15, -0.1) is 0 Å². The maximum absolute atomic E-state index is 5.64. The molecule has 3 rings (SSSR count). The van der Waals surface area contributed by atoms with E-state index in [1.807, 2.05) is 6.33 Å². The molecule has 1 aliphatic rings. The van der Waals surface area contributed by atoms with Crippen LogP contribution in [0.5, 0.6) is 0 Å². The molecular formula is C17H23N3. The molecule has 0 amide bonds. The fraction of sp³-hybridized carbons (Fsp3) is 0.471. The highest BCUT2D eigenvalue weighted by atomic mass is 15.0. The normalized spacial score (nSPS) is 16.4. The minimum absolute atomic E-state index is 0.610. The van der Waals surface area contributed by atoms with Gasteiger partial charge in [-0.2, -0.15) is 0 Å². The van der Waals surface area contributed by atoms with Crippen LogP contribution in [-0.4, -0.2) is 9.55 Å². The summed E-state index contributed by atoms with van der Waals surface area (Å²) in [6.07, 6.45) is 10.8. The average Bonchev–Trinajstić information content (AvgIpc) is 2.97. The van der Waals surface area contributed by atoms with Crippen LogP contribution in [0.2, 0.25) is 0 Å². The van der Waals surface area contributed by atoms with Crippen molar-refractivity contribution in [3.8, 4) is 0 Å². The van der Waals surface area contributed by atoms with E-state index in [0.29, 0.717) is 12.5 Å². The SMILES string of the molecule is NCc1ccc(Cn2cncc2C2CCCCC2)cc1. The predicted octanol–water partition coefficient (Wildman–Crippen LogP) is 3.44. The third kappa shape index (κ3) is 2.93.